The second-order valence-corrected chi connectivity index (χ2v) is 8.11. The van der Waals surface area contributed by atoms with E-state index in [2.05, 4.69) is 0 Å². The monoisotopic (exact) mass is 408 g/mol. The molecule has 30 heavy (non-hydrogen) atoms. The maximum absolute atomic E-state index is 12.4. The quantitative estimate of drug-likeness (QED) is 0.196. The normalized spacial score (nSPS) is 14.5. The second kappa shape index (κ2) is 15.1. The number of carbonyl (C=O) groups is 3. The van der Waals surface area contributed by atoms with Gasteiger partial charge in [0.25, 0.3) is 0 Å². The summed E-state index contributed by atoms with van der Waals surface area (Å²) in [4.78, 5) is 33.8. The Bertz CT molecular complexity index is 794. The topological polar surface area (TPSA) is 51.2 Å². The van der Waals surface area contributed by atoms with Crippen LogP contribution in [-0.4, -0.2) is 17.9 Å². The molecule has 0 bridgehead atoms. The molecule has 0 fully saturated rings. The first-order valence-electron chi connectivity index (χ1n) is 10.3. The van der Waals surface area contributed by atoms with Crippen molar-refractivity contribution in [3.05, 3.63) is 83.6 Å². The van der Waals surface area contributed by atoms with Crippen LogP contribution >= 0.6 is 0 Å². The summed E-state index contributed by atoms with van der Waals surface area (Å²) >= 11 is 0. The molecule has 0 rings (SSSR count). The van der Waals surface area contributed by atoms with Gasteiger partial charge in [-0.2, -0.15) is 0 Å². The first-order valence-corrected chi connectivity index (χ1v) is 10.3. The minimum Gasteiger partial charge on any atom is -0.300 e. The number of hydrogen-bond acceptors (Lipinski definition) is 3. The van der Waals surface area contributed by atoms with Gasteiger partial charge < -0.3 is 4.79 Å². The molecule has 3 nitrogen and oxygen atoms in total. The van der Waals surface area contributed by atoms with E-state index in [9.17, 15) is 14.4 Å². The maximum atomic E-state index is 12.4. The van der Waals surface area contributed by atoms with Gasteiger partial charge in [0.05, 0.1) is 0 Å². The Balaban J connectivity index is 4.73. The lowest BCUT2D eigenvalue weighted by atomic mass is 9.82. The van der Waals surface area contributed by atoms with Crippen molar-refractivity contribution in [2.75, 3.05) is 0 Å². The standard InChI is InChI=1S/C27H36O3/c1-22(12-7-8-13-23(2)16-11-21-28)14-9-15-24(3)18-19-26(30)27(5,6)20-10-17-25(4)29/h7-9,11-16,18-19,21H,10,17,20H2,1-6H3/b8-7+,14-9+,16-11+,19-18+,22-12+,23-13+,24-15+. The average molecular weight is 409 g/mol. The zero-order chi connectivity index (χ0) is 23.0. The fourth-order valence-corrected chi connectivity index (χ4v) is 2.46. The Hall–Kier alpha value is -2.81. The highest BCUT2D eigenvalue weighted by Crippen LogP contribution is 2.25. The lowest BCUT2D eigenvalue weighted by Gasteiger charge is -2.20. The number of hydrogen-bond donors (Lipinski definition) is 0. The van der Waals surface area contributed by atoms with Gasteiger partial charge in [-0.15, -0.1) is 0 Å². The molecule has 3 heteroatoms. The smallest absolute Gasteiger partial charge is 0.161 e. The van der Waals surface area contributed by atoms with Crippen LogP contribution in [0.2, 0.25) is 0 Å². The Morgan fingerprint density at radius 2 is 1.20 bits per heavy atom. The molecule has 0 N–H and O–H groups in total. The molecular weight excluding hydrogens is 372 g/mol. The van der Waals surface area contributed by atoms with E-state index in [-0.39, 0.29) is 11.6 Å². The number of allylic oxidation sites excluding steroid dienone is 14. The summed E-state index contributed by atoms with van der Waals surface area (Å²) in [7, 11) is 0. The number of carbonyl (C=O) groups excluding carboxylic acids is 3. The Morgan fingerprint density at radius 1 is 0.700 bits per heavy atom. The molecule has 0 heterocycles. The minimum atomic E-state index is -0.455. The molecule has 0 aliphatic rings. The Kier molecular flexibility index (Phi) is 13.7. The fourth-order valence-electron chi connectivity index (χ4n) is 2.46. The molecule has 0 aromatic heterocycles. The Morgan fingerprint density at radius 3 is 1.73 bits per heavy atom. The van der Waals surface area contributed by atoms with Crippen LogP contribution in [0.25, 0.3) is 0 Å². The van der Waals surface area contributed by atoms with E-state index in [1.165, 1.54) is 6.08 Å². The first kappa shape index (κ1) is 27.2. The molecule has 0 amide bonds. The Labute approximate surface area is 182 Å². The number of aldehydes is 1. The van der Waals surface area contributed by atoms with Crippen molar-refractivity contribution in [1.29, 1.82) is 0 Å². The van der Waals surface area contributed by atoms with Crippen molar-refractivity contribution in [2.24, 2.45) is 5.41 Å². The predicted molar refractivity (Wildman–Crippen MR) is 127 cm³/mol. The zero-order valence-electron chi connectivity index (χ0n) is 19.3. The maximum Gasteiger partial charge on any atom is 0.161 e. The minimum absolute atomic E-state index is 0.0790. The molecular formula is C27H36O3. The van der Waals surface area contributed by atoms with Crippen molar-refractivity contribution in [1.82, 2.24) is 0 Å². The van der Waals surface area contributed by atoms with Gasteiger partial charge in [0.1, 0.15) is 12.1 Å². The van der Waals surface area contributed by atoms with E-state index in [4.69, 9.17) is 0 Å². The van der Waals surface area contributed by atoms with Crippen LogP contribution < -0.4 is 0 Å². The molecule has 0 radical (unpaired) electrons. The van der Waals surface area contributed by atoms with E-state index in [1.54, 1.807) is 19.1 Å². The van der Waals surface area contributed by atoms with E-state index >= 15 is 0 Å². The number of Topliss-reactive ketones (excluding diaryl/α,β-unsaturated/α-hetero) is 1. The number of rotatable bonds is 13. The molecule has 0 aromatic carbocycles. The van der Waals surface area contributed by atoms with Gasteiger partial charge in [-0.1, -0.05) is 85.3 Å². The molecule has 162 valence electrons. The van der Waals surface area contributed by atoms with Crippen LogP contribution in [0.3, 0.4) is 0 Å². The molecule has 0 saturated carbocycles. The first-order chi connectivity index (χ1) is 14.1. The van der Waals surface area contributed by atoms with Gasteiger partial charge in [0.2, 0.25) is 0 Å². The summed E-state index contributed by atoms with van der Waals surface area (Å²) in [6.45, 7) is 11.3. The molecule has 0 saturated heterocycles. The molecule has 0 spiro atoms. The van der Waals surface area contributed by atoms with Crippen LogP contribution in [0.4, 0.5) is 0 Å². The SMILES string of the molecule is CC(=O)CCCC(C)(C)C(=O)/C=C/C(C)=C/C=C/C(C)=C/C=C/C=C(C)/C=C/C=O. The predicted octanol–water partition coefficient (Wildman–Crippen LogP) is 6.60. The lowest BCUT2D eigenvalue weighted by molar-refractivity contribution is -0.123. The van der Waals surface area contributed by atoms with Crippen molar-refractivity contribution < 1.29 is 14.4 Å². The molecule has 0 aromatic rings. The van der Waals surface area contributed by atoms with Crippen molar-refractivity contribution in [3.8, 4) is 0 Å². The average Bonchev–Trinajstić information content (AvgIpc) is 2.67. The molecule has 0 unspecified atom stereocenters. The van der Waals surface area contributed by atoms with Crippen LogP contribution in [0.5, 0.6) is 0 Å². The molecule has 0 aliphatic heterocycles. The van der Waals surface area contributed by atoms with Gasteiger partial charge in [-0.3, -0.25) is 9.59 Å². The van der Waals surface area contributed by atoms with Gasteiger partial charge >= 0.3 is 0 Å². The number of ketones is 2. The van der Waals surface area contributed by atoms with Gasteiger partial charge in [0.15, 0.2) is 5.78 Å². The van der Waals surface area contributed by atoms with Gasteiger partial charge in [-0.25, -0.2) is 0 Å². The van der Waals surface area contributed by atoms with E-state index < -0.39 is 5.41 Å². The van der Waals surface area contributed by atoms with Gasteiger partial charge in [-0.05, 0) is 52.7 Å². The third kappa shape index (κ3) is 14.2. The fraction of sp³-hybridized carbons (Fsp3) is 0.370. The van der Waals surface area contributed by atoms with Gasteiger partial charge in [0, 0.05) is 11.8 Å². The van der Waals surface area contributed by atoms with Crippen LogP contribution in [0.1, 0.15) is 60.8 Å². The van der Waals surface area contributed by atoms with Crippen molar-refractivity contribution in [3.63, 3.8) is 0 Å². The molecule has 0 aliphatic carbocycles. The summed E-state index contributed by atoms with van der Waals surface area (Å²) < 4.78 is 0. The highest BCUT2D eigenvalue weighted by molar-refractivity contribution is 5.94. The summed E-state index contributed by atoms with van der Waals surface area (Å²) in [6, 6.07) is 0. The zero-order valence-corrected chi connectivity index (χ0v) is 19.3. The van der Waals surface area contributed by atoms with Crippen LogP contribution in [-0.2, 0) is 14.4 Å². The molecule has 0 atom stereocenters. The van der Waals surface area contributed by atoms with Crippen LogP contribution in [0, 0.1) is 5.41 Å². The van der Waals surface area contributed by atoms with E-state index in [0.717, 1.165) is 29.4 Å². The van der Waals surface area contributed by atoms with Crippen LogP contribution in [0.15, 0.2) is 83.6 Å². The third-order valence-electron chi connectivity index (χ3n) is 4.48. The highest BCUT2D eigenvalue weighted by Gasteiger charge is 2.24. The van der Waals surface area contributed by atoms with Crippen molar-refractivity contribution in [2.45, 2.75) is 60.8 Å². The largest absolute Gasteiger partial charge is 0.300 e. The summed E-state index contributed by atoms with van der Waals surface area (Å²) in [6.07, 6.45) is 23.1. The third-order valence-corrected chi connectivity index (χ3v) is 4.48. The highest BCUT2D eigenvalue weighted by atomic mass is 16.1. The second-order valence-electron chi connectivity index (χ2n) is 8.11. The summed E-state index contributed by atoms with van der Waals surface area (Å²) in [5.74, 6) is 0.243. The lowest BCUT2D eigenvalue weighted by Crippen LogP contribution is -2.22. The van der Waals surface area contributed by atoms with E-state index in [1.807, 2.05) is 83.2 Å². The summed E-state index contributed by atoms with van der Waals surface area (Å²) in [5, 5.41) is 0. The van der Waals surface area contributed by atoms with E-state index in [0.29, 0.717) is 12.8 Å². The van der Waals surface area contributed by atoms with Crippen molar-refractivity contribution >= 4 is 17.9 Å². The summed E-state index contributed by atoms with van der Waals surface area (Å²) in [5.41, 5.74) is 2.63.